The standard InChI is InChI=1S/C17H24O/c1-3-13(2)17(18)16-11-9-15(10-12-16)14-7-5-4-6-8-14/h9-14H,3-8H2,1-2H3. The van der Waals surface area contributed by atoms with E-state index < -0.39 is 0 Å². The predicted octanol–water partition coefficient (Wildman–Crippen LogP) is 4.96. The number of rotatable bonds is 4. The van der Waals surface area contributed by atoms with Gasteiger partial charge >= 0.3 is 0 Å². The fourth-order valence-corrected chi connectivity index (χ4v) is 2.83. The van der Waals surface area contributed by atoms with Crippen LogP contribution in [0.5, 0.6) is 0 Å². The van der Waals surface area contributed by atoms with Gasteiger partial charge < -0.3 is 0 Å². The summed E-state index contributed by atoms with van der Waals surface area (Å²) in [6.45, 7) is 4.08. The Kier molecular flexibility index (Phi) is 4.57. The molecule has 0 radical (unpaired) electrons. The molecule has 1 atom stereocenters. The Hall–Kier alpha value is -1.11. The molecule has 1 fully saturated rings. The predicted molar refractivity (Wildman–Crippen MR) is 76.1 cm³/mol. The Morgan fingerprint density at radius 3 is 2.33 bits per heavy atom. The highest BCUT2D eigenvalue weighted by Gasteiger charge is 2.17. The molecule has 1 aliphatic carbocycles. The highest BCUT2D eigenvalue weighted by Crippen LogP contribution is 2.32. The molecular weight excluding hydrogens is 220 g/mol. The maximum Gasteiger partial charge on any atom is 0.165 e. The van der Waals surface area contributed by atoms with Gasteiger partial charge in [0.25, 0.3) is 0 Å². The van der Waals surface area contributed by atoms with Crippen molar-refractivity contribution in [3.05, 3.63) is 35.4 Å². The van der Waals surface area contributed by atoms with Crippen LogP contribution in [0.4, 0.5) is 0 Å². The van der Waals surface area contributed by atoms with Gasteiger partial charge in [-0.1, -0.05) is 57.4 Å². The highest BCUT2D eigenvalue weighted by atomic mass is 16.1. The zero-order valence-electron chi connectivity index (χ0n) is 11.6. The van der Waals surface area contributed by atoms with Gasteiger partial charge in [0.2, 0.25) is 0 Å². The van der Waals surface area contributed by atoms with Crippen LogP contribution in [0.15, 0.2) is 24.3 Å². The first-order valence-corrected chi connectivity index (χ1v) is 7.36. The minimum atomic E-state index is 0.144. The number of carbonyl (C=O) groups is 1. The van der Waals surface area contributed by atoms with E-state index in [1.807, 2.05) is 19.1 Å². The van der Waals surface area contributed by atoms with Crippen LogP contribution in [-0.2, 0) is 0 Å². The summed E-state index contributed by atoms with van der Waals surface area (Å²) < 4.78 is 0. The Morgan fingerprint density at radius 2 is 1.78 bits per heavy atom. The molecule has 0 N–H and O–H groups in total. The molecular formula is C17H24O. The fraction of sp³-hybridized carbons (Fsp3) is 0.588. The SMILES string of the molecule is CCC(C)C(=O)c1ccc(C2CCCCC2)cc1. The van der Waals surface area contributed by atoms with E-state index in [1.54, 1.807) is 0 Å². The minimum absolute atomic E-state index is 0.144. The second-order valence-corrected chi connectivity index (χ2v) is 5.63. The Balaban J connectivity index is 2.07. The molecule has 0 spiro atoms. The van der Waals surface area contributed by atoms with Crippen LogP contribution >= 0.6 is 0 Å². The van der Waals surface area contributed by atoms with Crippen molar-refractivity contribution in [2.24, 2.45) is 5.92 Å². The summed E-state index contributed by atoms with van der Waals surface area (Å²) in [6, 6.07) is 8.40. The highest BCUT2D eigenvalue weighted by molar-refractivity contribution is 5.97. The Bertz CT molecular complexity index is 385. The lowest BCUT2D eigenvalue weighted by Crippen LogP contribution is -2.10. The Labute approximate surface area is 111 Å². The molecule has 1 saturated carbocycles. The van der Waals surface area contributed by atoms with Gasteiger partial charge in [0.1, 0.15) is 0 Å². The second kappa shape index (κ2) is 6.17. The molecule has 0 heterocycles. The zero-order valence-corrected chi connectivity index (χ0v) is 11.6. The van der Waals surface area contributed by atoms with E-state index in [4.69, 9.17) is 0 Å². The van der Waals surface area contributed by atoms with Gasteiger partial charge in [-0.15, -0.1) is 0 Å². The number of benzene rings is 1. The monoisotopic (exact) mass is 244 g/mol. The van der Waals surface area contributed by atoms with Crippen molar-refractivity contribution >= 4 is 5.78 Å². The average molecular weight is 244 g/mol. The van der Waals surface area contributed by atoms with Crippen LogP contribution in [0.1, 0.15) is 74.2 Å². The first kappa shape index (κ1) is 13.3. The van der Waals surface area contributed by atoms with Crippen LogP contribution in [0, 0.1) is 5.92 Å². The van der Waals surface area contributed by atoms with Gasteiger partial charge in [-0.3, -0.25) is 4.79 Å². The molecule has 0 saturated heterocycles. The van der Waals surface area contributed by atoms with Crippen molar-refractivity contribution in [2.75, 3.05) is 0 Å². The molecule has 1 aromatic carbocycles. The van der Waals surface area contributed by atoms with Gasteiger partial charge in [-0.25, -0.2) is 0 Å². The van der Waals surface area contributed by atoms with E-state index >= 15 is 0 Å². The number of hydrogen-bond acceptors (Lipinski definition) is 1. The van der Waals surface area contributed by atoms with E-state index in [0.29, 0.717) is 0 Å². The lowest BCUT2D eigenvalue weighted by atomic mass is 9.83. The van der Waals surface area contributed by atoms with Gasteiger partial charge in [0.15, 0.2) is 5.78 Å². The smallest absolute Gasteiger partial charge is 0.165 e. The maximum atomic E-state index is 12.1. The molecule has 0 amide bonds. The molecule has 1 unspecified atom stereocenters. The van der Waals surface area contributed by atoms with Crippen molar-refractivity contribution < 1.29 is 4.79 Å². The molecule has 0 aromatic heterocycles. The lowest BCUT2D eigenvalue weighted by Gasteiger charge is -2.22. The summed E-state index contributed by atoms with van der Waals surface area (Å²) >= 11 is 0. The van der Waals surface area contributed by atoms with E-state index in [1.165, 1.54) is 37.7 Å². The Morgan fingerprint density at radius 1 is 1.17 bits per heavy atom. The summed E-state index contributed by atoms with van der Waals surface area (Å²) in [5.41, 5.74) is 2.30. The third kappa shape index (κ3) is 3.01. The summed E-state index contributed by atoms with van der Waals surface area (Å²) in [4.78, 5) is 12.1. The summed E-state index contributed by atoms with van der Waals surface area (Å²) in [5.74, 6) is 1.16. The lowest BCUT2D eigenvalue weighted by molar-refractivity contribution is 0.0927. The minimum Gasteiger partial charge on any atom is -0.294 e. The molecule has 0 aliphatic heterocycles. The van der Waals surface area contributed by atoms with Gasteiger partial charge in [0, 0.05) is 11.5 Å². The van der Waals surface area contributed by atoms with Crippen molar-refractivity contribution in [2.45, 2.75) is 58.3 Å². The number of hydrogen-bond donors (Lipinski definition) is 0. The van der Waals surface area contributed by atoms with E-state index in [9.17, 15) is 4.79 Å². The molecule has 0 bridgehead atoms. The topological polar surface area (TPSA) is 17.1 Å². The molecule has 2 rings (SSSR count). The van der Waals surface area contributed by atoms with Crippen LogP contribution in [0.25, 0.3) is 0 Å². The number of carbonyl (C=O) groups excluding carboxylic acids is 1. The van der Waals surface area contributed by atoms with E-state index in [-0.39, 0.29) is 11.7 Å². The van der Waals surface area contributed by atoms with Gasteiger partial charge in [-0.2, -0.15) is 0 Å². The van der Waals surface area contributed by atoms with Crippen molar-refractivity contribution in [3.8, 4) is 0 Å². The third-order valence-electron chi connectivity index (χ3n) is 4.33. The molecule has 98 valence electrons. The van der Waals surface area contributed by atoms with Crippen molar-refractivity contribution in [1.82, 2.24) is 0 Å². The van der Waals surface area contributed by atoms with Crippen LogP contribution in [-0.4, -0.2) is 5.78 Å². The number of Topliss-reactive ketones (excluding diaryl/α,β-unsaturated/α-hetero) is 1. The van der Waals surface area contributed by atoms with Crippen molar-refractivity contribution in [1.29, 1.82) is 0 Å². The summed E-state index contributed by atoms with van der Waals surface area (Å²) in [7, 11) is 0. The third-order valence-corrected chi connectivity index (χ3v) is 4.33. The second-order valence-electron chi connectivity index (χ2n) is 5.63. The largest absolute Gasteiger partial charge is 0.294 e. The first-order chi connectivity index (χ1) is 8.72. The van der Waals surface area contributed by atoms with Crippen molar-refractivity contribution in [3.63, 3.8) is 0 Å². The molecule has 18 heavy (non-hydrogen) atoms. The van der Waals surface area contributed by atoms with Crippen LogP contribution in [0.3, 0.4) is 0 Å². The van der Waals surface area contributed by atoms with Gasteiger partial charge in [-0.05, 0) is 30.7 Å². The number of ketones is 1. The fourth-order valence-electron chi connectivity index (χ4n) is 2.83. The molecule has 1 nitrogen and oxygen atoms in total. The average Bonchev–Trinajstić information content (AvgIpc) is 2.47. The summed E-state index contributed by atoms with van der Waals surface area (Å²) in [6.07, 6.45) is 7.66. The molecule has 1 heteroatoms. The quantitative estimate of drug-likeness (QED) is 0.684. The molecule has 1 aliphatic rings. The summed E-state index contributed by atoms with van der Waals surface area (Å²) in [5, 5.41) is 0. The first-order valence-electron chi connectivity index (χ1n) is 7.36. The van der Waals surface area contributed by atoms with Crippen LogP contribution in [0.2, 0.25) is 0 Å². The van der Waals surface area contributed by atoms with Gasteiger partial charge in [0.05, 0.1) is 0 Å². The van der Waals surface area contributed by atoms with Crippen LogP contribution < -0.4 is 0 Å². The molecule has 1 aromatic rings. The zero-order chi connectivity index (χ0) is 13.0. The van der Waals surface area contributed by atoms with E-state index in [2.05, 4.69) is 19.1 Å². The normalized spacial score (nSPS) is 18.6. The maximum absolute atomic E-state index is 12.1. The van der Waals surface area contributed by atoms with E-state index in [0.717, 1.165) is 17.9 Å².